The third-order valence-electron chi connectivity index (χ3n) is 5.10. The molecule has 0 saturated carbocycles. The van der Waals surface area contributed by atoms with E-state index in [1.165, 1.54) is 17.2 Å². The van der Waals surface area contributed by atoms with E-state index in [0.29, 0.717) is 19.0 Å². The fourth-order valence-corrected chi connectivity index (χ4v) is 3.51. The molecule has 1 amide bonds. The zero-order chi connectivity index (χ0) is 20.5. The Hall–Kier alpha value is -3.17. The number of rotatable bonds is 8. The molecule has 0 aliphatic carbocycles. The van der Waals surface area contributed by atoms with Gasteiger partial charge in [0.25, 0.3) is 0 Å². The lowest BCUT2D eigenvalue weighted by molar-refractivity contribution is -0.116. The lowest BCUT2D eigenvalue weighted by Crippen LogP contribution is -2.31. The van der Waals surface area contributed by atoms with Crippen molar-refractivity contribution in [3.8, 4) is 6.07 Å². The van der Waals surface area contributed by atoms with Crippen molar-refractivity contribution in [1.29, 1.82) is 5.26 Å². The Labute approximate surface area is 171 Å². The molecule has 0 saturated heterocycles. The average Bonchev–Trinajstić information content (AvgIpc) is 2.76. The minimum atomic E-state index is -0.0767. The lowest BCUT2D eigenvalue weighted by atomic mass is 9.95. The van der Waals surface area contributed by atoms with Gasteiger partial charge in [-0.1, -0.05) is 24.3 Å². The molecule has 150 valence electrons. The summed E-state index contributed by atoms with van der Waals surface area (Å²) in [6.45, 7) is 7.55. The molecule has 2 heterocycles. The van der Waals surface area contributed by atoms with E-state index in [-0.39, 0.29) is 5.91 Å². The van der Waals surface area contributed by atoms with Gasteiger partial charge in [0.1, 0.15) is 0 Å². The molecule has 0 radical (unpaired) electrons. The molecule has 6 heteroatoms. The standard InChI is InChI=1S/C23H26N4O2/c1-25-23(10-8-18-7-9-22(28)26-16-18)29-14-3-2-12-27-13-11-21-19(15-24)5-4-6-20(21)17-27/h4-10H,1-3,11-14,16-17H2,(H,26,28)/b18-8-,23-10+. The van der Waals surface area contributed by atoms with Crippen LogP contribution < -0.4 is 5.32 Å². The van der Waals surface area contributed by atoms with Gasteiger partial charge in [0.15, 0.2) is 0 Å². The minimum Gasteiger partial charge on any atom is -0.478 e. The van der Waals surface area contributed by atoms with Crippen LogP contribution in [0.15, 0.2) is 59.0 Å². The van der Waals surface area contributed by atoms with Crippen molar-refractivity contribution in [1.82, 2.24) is 10.2 Å². The Morgan fingerprint density at radius 1 is 1.38 bits per heavy atom. The van der Waals surface area contributed by atoms with E-state index in [4.69, 9.17) is 4.74 Å². The summed E-state index contributed by atoms with van der Waals surface area (Å²) < 4.78 is 5.70. The first-order valence-electron chi connectivity index (χ1n) is 9.89. The maximum Gasteiger partial charge on any atom is 0.244 e. The minimum absolute atomic E-state index is 0.0767. The predicted molar refractivity (Wildman–Crippen MR) is 113 cm³/mol. The summed E-state index contributed by atoms with van der Waals surface area (Å²) in [4.78, 5) is 17.4. The molecular formula is C23H26N4O2. The van der Waals surface area contributed by atoms with Crippen molar-refractivity contribution in [3.63, 3.8) is 0 Å². The van der Waals surface area contributed by atoms with Crippen molar-refractivity contribution in [2.24, 2.45) is 4.99 Å². The number of nitrogens with one attached hydrogen (secondary N) is 1. The Kier molecular flexibility index (Phi) is 7.37. The first-order chi connectivity index (χ1) is 14.2. The molecule has 2 aliphatic rings. The first-order valence-corrected chi connectivity index (χ1v) is 9.89. The number of aliphatic imine (C=N–C) groups is 1. The van der Waals surface area contributed by atoms with Crippen LogP contribution in [0.5, 0.6) is 0 Å². The van der Waals surface area contributed by atoms with Gasteiger partial charge in [0.2, 0.25) is 11.8 Å². The van der Waals surface area contributed by atoms with Crippen LogP contribution in [0.2, 0.25) is 0 Å². The van der Waals surface area contributed by atoms with Gasteiger partial charge in [-0.15, -0.1) is 0 Å². The van der Waals surface area contributed by atoms with Gasteiger partial charge in [0, 0.05) is 31.8 Å². The molecule has 0 spiro atoms. The van der Waals surface area contributed by atoms with Crippen LogP contribution in [-0.4, -0.2) is 43.8 Å². The second-order valence-corrected chi connectivity index (χ2v) is 7.09. The highest BCUT2D eigenvalue weighted by molar-refractivity contribution is 5.89. The number of hydrogen-bond acceptors (Lipinski definition) is 5. The summed E-state index contributed by atoms with van der Waals surface area (Å²) in [5, 5.41) is 12.0. The highest BCUT2D eigenvalue weighted by atomic mass is 16.5. The fraction of sp³-hybridized carbons (Fsp3) is 0.348. The highest BCUT2D eigenvalue weighted by Gasteiger charge is 2.18. The van der Waals surface area contributed by atoms with Crippen molar-refractivity contribution in [2.75, 3.05) is 26.2 Å². The lowest BCUT2D eigenvalue weighted by Gasteiger charge is -2.29. The van der Waals surface area contributed by atoms with E-state index in [0.717, 1.165) is 50.0 Å². The zero-order valence-corrected chi connectivity index (χ0v) is 16.6. The number of benzene rings is 1. The Morgan fingerprint density at radius 2 is 2.28 bits per heavy atom. The van der Waals surface area contributed by atoms with Crippen LogP contribution in [0, 0.1) is 11.3 Å². The maximum atomic E-state index is 11.1. The third-order valence-corrected chi connectivity index (χ3v) is 5.10. The smallest absolute Gasteiger partial charge is 0.244 e. The van der Waals surface area contributed by atoms with Crippen LogP contribution in [0.4, 0.5) is 0 Å². The normalized spacial score (nSPS) is 18.1. The van der Waals surface area contributed by atoms with E-state index >= 15 is 0 Å². The van der Waals surface area contributed by atoms with Crippen molar-refractivity contribution in [2.45, 2.75) is 25.8 Å². The number of allylic oxidation sites excluding steroid dienone is 2. The van der Waals surface area contributed by atoms with Gasteiger partial charge in [-0.25, -0.2) is 4.99 Å². The van der Waals surface area contributed by atoms with Gasteiger partial charge in [-0.05, 0) is 55.3 Å². The molecule has 0 unspecified atom stereocenters. The fourth-order valence-electron chi connectivity index (χ4n) is 3.51. The Morgan fingerprint density at radius 3 is 3.03 bits per heavy atom. The van der Waals surface area contributed by atoms with E-state index in [9.17, 15) is 10.1 Å². The van der Waals surface area contributed by atoms with Crippen molar-refractivity contribution >= 4 is 12.6 Å². The number of amides is 1. The molecule has 1 N–H and O–H groups in total. The Bertz CT molecular complexity index is 893. The maximum absolute atomic E-state index is 11.1. The molecule has 1 aromatic rings. The van der Waals surface area contributed by atoms with Crippen molar-refractivity contribution in [3.05, 3.63) is 70.6 Å². The summed E-state index contributed by atoms with van der Waals surface area (Å²) in [7, 11) is 0. The third kappa shape index (κ3) is 5.90. The summed E-state index contributed by atoms with van der Waals surface area (Å²) in [6.07, 6.45) is 9.84. The largest absolute Gasteiger partial charge is 0.478 e. The number of ether oxygens (including phenoxy) is 1. The van der Waals surface area contributed by atoms with E-state index < -0.39 is 0 Å². The van der Waals surface area contributed by atoms with Gasteiger partial charge < -0.3 is 10.1 Å². The molecule has 1 aromatic carbocycles. The molecule has 0 atom stereocenters. The molecule has 6 nitrogen and oxygen atoms in total. The quantitative estimate of drug-likeness (QED) is 0.421. The second-order valence-electron chi connectivity index (χ2n) is 7.09. The number of fused-ring (bicyclic) bond motifs is 1. The predicted octanol–water partition coefficient (Wildman–Crippen LogP) is 2.87. The molecule has 29 heavy (non-hydrogen) atoms. The number of carbonyl (C=O) groups excluding carboxylic acids is 1. The van der Waals surface area contributed by atoms with Gasteiger partial charge in [-0.3, -0.25) is 9.69 Å². The van der Waals surface area contributed by atoms with E-state index in [1.54, 1.807) is 12.2 Å². The molecule has 2 aliphatic heterocycles. The number of hydrogen-bond donors (Lipinski definition) is 1. The summed E-state index contributed by atoms with van der Waals surface area (Å²) in [6, 6.07) is 8.30. The zero-order valence-electron chi connectivity index (χ0n) is 16.6. The van der Waals surface area contributed by atoms with Gasteiger partial charge in [-0.2, -0.15) is 5.26 Å². The molecule has 0 aromatic heterocycles. The average molecular weight is 390 g/mol. The number of nitrogens with zero attached hydrogens (tertiary/aromatic N) is 3. The van der Waals surface area contributed by atoms with Gasteiger partial charge >= 0.3 is 0 Å². The number of nitriles is 1. The van der Waals surface area contributed by atoms with Crippen LogP contribution in [-0.2, 0) is 22.5 Å². The summed E-state index contributed by atoms with van der Waals surface area (Å²) in [5.41, 5.74) is 4.28. The van der Waals surface area contributed by atoms with Crippen molar-refractivity contribution < 1.29 is 9.53 Å². The monoisotopic (exact) mass is 390 g/mol. The van der Waals surface area contributed by atoms with Crippen LogP contribution in [0.25, 0.3) is 0 Å². The summed E-state index contributed by atoms with van der Waals surface area (Å²) >= 11 is 0. The molecule has 3 rings (SSSR count). The van der Waals surface area contributed by atoms with Gasteiger partial charge in [0.05, 0.1) is 18.2 Å². The molecular weight excluding hydrogens is 364 g/mol. The SMILES string of the molecule is C=N/C(=C\C=C1\C=CC(=O)NC1)OCCCCN1CCc2c(C#N)cccc2C1. The van der Waals surface area contributed by atoms with Crippen LogP contribution in [0.1, 0.15) is 29.5 Å². The summed E-state index contributed by atoms with van der Waals surface area (Å²) in [5.74, 6) is 0.408. The molecule has 0 bridgehead atoms. The molecule has 0 fully saturated rings. The number of unbranched alkanes of at least 4 members (excludes halogenated alkanes) is 1. The number of carbonyl (C=O) groups is 1. The highest BCUT2D eigenvalue weighted by Crippen LogP contribution is 2.22. The van der Waals surface area contributed by atoms with E-state index in [1.807, 2.05) is 18.2 Å². The van der Waals surface area contributed by atoms with Crippen LogP contribution in [0.3, 0.4) is 0 Å². The van der Waals surface area contributed by atoms with E-state index in [2.05, 4.69) is 34.1 Å². The second kappa shape index (κ2) is 10.4. The Balaban J connectivity index is 1.39. The topological polar surface area (TPSA) is 77.7 Å². The van der Waals surface area contributed by atoms with Crippen LogP contribution >= 0.6 is 0 Å². The first kappa shape index (κ1) is 20.6.